The van der Waals surface area contributed by atoms with Crippen molar-refractivity contribution >= 4 is 33.1 Å². The average molecular weight is 307 g/mol. The SMILES string of the molecule is N#Cc1nc(Nc2c(F)cccc2Br)ccc1N. The van der Waals surface area contributed by atoms with Crippen molar-refractivity contribution in [3.63, 3.8) is 0 Å². The molecule has 3 N–H and O–H groups in total. The Balaban J connectivity index is 2.38. The number of benzene rings is 1. The van der Waals surface area contributed by atoms with E-state index in [1.54, 1.807) is 24.3 Å². The maximum absolute atomic E-state index is 13.6. The van der Waals surface area contributed by atoms with Crippen LogP contribution in [0.4, 0.5) is 21.6 Å². The molecule has 0 spiro atoms. The number of para-hydroxylation sites is 1. The molecule has 0 saturated heterocycles. The molecule has 1 aromatic carbocycles. The molecule has 1 heterocycles. The molecule has 2 aromatic rings. The van der Waals surface area contributed by atoms with Gasteiger partial charge in [-0.1, -0.05) is 6.07 Å². The highest BCUT2D eigenvalue weighted by molar-refractivity contribution is 9.10. The van der Waals surface area contributed by atoms with Crippen LogP contribution < -0.4 is 11.1 Å². The van der Waals surface area contributed by atoms with Gasteiger partial charge >= 0.3 is 0 Å². The largest absolute Gasteiger partial charge is 0.396 e. The van der Waals surface area contributed by atoms with Crippen LogP contribution in [0.1, 0.15) is 5.69 Å². The summed E-state index contributed by atoms with van der Waals surface area (Å²) in [4.78, 5) is 3.98. The minimum atomic E-state index is -0.415. The Bertz CT molecular complexity index is 616. The van der Waals surface area contributed by atoms with E-state index in [1.807, 2.05) is 6.07 Å². The average Bonchev–Trinajstić information content (AvgIpc) is 2.36. The smallest absolute Gasteiger partial charge is 0.165 e. The number of halogens is 2. The maximum Gasteiger partial charge on any atom is 0.165 e. The third kappa shape index (κ3) is 2.41. The number of rotatable bonds is 2. The number of aromatic nitrogens is 1. The third-order valence-corrected chi connectivity index (χ3v) is 2.91. The van der Waals surface area contributed by atoms with E-state index in [0.29, 0.717) is 10.3 Å². The number of nitrogens with one attached hydrogen (secondary N) is 1. The van der Waals surface area contributed by atoms with Crippen LogP contribution in [-0.2, 0) is 0 Å². The topological polar surface area (TPSA) is 74.7 Å². The molecule has 0 amide bonds. The first-order valence-corrected chi connectivity index (χ1v) is 5.79. The summed E-state index contributed by atoms with van der Waals surface area (Å²) in [6, 6.07) is 9.61. The van der Waals surface area contributed by atoms with Crippen LogP contribution in [0.2, 0.25) is 0 Å². The normalized spacial score (nSPS) is 9.83. The van der Waals surface area contributed by atoms with Crippen molar-refractivity contribution < 1.29 is 4.39 Å². The Hall–Kier alpha value is -2.13. The van der Waals surface area contributed by atoms with Gasteiger partial charge in [0.1, 0.15) is 17.7 Å². The molecular formula is C12H8BrFN4. The van der Waals surface area contributed by atoms with Crippen molar-refractivity contribution in [2.24, 2.45) is 0 Å². The zero-order valence-electron chi connectivity index (χ0n) is 9.11. The second-order valence-electron chi connectivity index (χ2n) is 3.47. The number of hydrogen-bond donors (Lipinski definition) is 2. The molecule has 0 bridgehead atoms. The molecule has 18 heavy (non-hydrogen) atoms. The maximum atomic E-state index is 13.6. The highest BCUT2D eigenvalue weighted by Gasteiger charge is 2.08. The van der Waals surface area contributed by atoms with E-state index in [4.69, 9.17) is 11.0 Å². The molecule has 0 aliphatic rings. The lowest BCUT2D eigenvalue weighted by atomic mass is 10.3. The Kier molecular flexibility index (Phi) is 3.44. The molecule has 1 aromatic heterocycles. The lowest BCUT2D eigenvalue weighted by molar-refractivity contribution is 0.631. The summed E-state index contributed by atoms with van der Waals surface area (Å²) in [7, 11) is 0. The minimum Gasteiger partial charge on any atom is -0.396 e. The molecule has 0 fully saturated rings. The Labute approximate surface area is 111 Å². The summed E-state index contributed by atoms with van der Waals surface area (Å²) in [5.41, 5.74) is 6.21. The third-order valence-electron chi connectivity index (χ3n) is 2.25. The predicted molar refractivity (Wildman–Crippen MR) is 70.7 cm³/mol. The molecule has 0 aliphatic carbocycles. The van der Waals surface area contributed by atoms with Gasteiger partial charge in [-0.25, -0.2) is 9.37 Å². The van der Waals surface area contributed by atoms with Crippen LogP contribution in [0.15, 0.2) is 34.8 Å². The van der Waals surface area contributed by atoms with E-state index in [0.717, 1.165) is 0 Å². The van der Waals surface area contributed by atoms with Crippen molar-refractivity contribution in [1.29, 1.82) is 5.26 Å². The van der Waals surface area contributed by atoms with E-state index in [2.05, 4.69) is 26.2 Å². The molecule has 2 rings (SSSR count). The van der Waals surface area contributed by atoms with Crippen molar-refractivity contribution in [2.75, 3.05) is 11.1 Å². The van der Waals surface area contributed by atoms with Gasteiger partial charge in [-0.2, -0.15) is 5.26 Å². The summed E-state index contributed by atoms with van der Waals surface area (Å²) in [6.45, 7) is 0. The van der Waals surface area contributed by atoms with Gasteiger partial charge in [0.25, 0.3) is 0 Å². The molecule has 0 aliphatic heterocycles. The van der Waals surface area contributed by atoms with Gasteiger partial charge in [-0.3, -0.25) is 0 Å². The Morgan fingerprint density at radius 1 is 1.33 bits per heavy atom. The van der Waals surface area contributed by atoms with Crippen molar-refractivity contribution in [2.45, 2.75) is 0 Å². The lowest BCUT2D eigenvalue weighted by Crippen LogP contribution is -2.00. The number of hydrogen-bond acceptors (Lipinski definition) is 4. The summed E-state index contributed by atoms with van der Waals surface area (Å²) in [6.07, 6.45) is 0. The van der Waals surface area contributed by atoms with Crippen LogP contribution in [0.3, 0.4) is 0 Å². The van der Waals surface area contributed by atoms with Gasteiger partial charge in [-0.05, 0) is 40.2 Å². The first-order chi connectivity index (χ1) is 8.61. The van der Waals surface area contributed by atoms with Crippen molar-refractivity contribution in [1.82, 2.24) is 4.98 Å². The number of pyridine rings is 1. The van der Waals surface area contributed by atoms with E-state index < -0.39 is 5.82 Å². The molecule has 4 nitrogen and oxygen atoms in total. The second kappa shape index (κ2) is 5.02. The fraction of sp³-hybridized carbons (Fsp3) is 0. The Morgan fingerprint density at radius 3 is 2.78 bits per heavy atom. The summed E-state index contributed by atoms with van der Waals surface area (Å²) < 4.78 is 14.2. The first kappa shape index (κ1) is 12.3. The van der Waals surface area contributed by atoms with Gasteiger partial charge in [0, 0.05) is 4.47 Å². The quantitative estimate of drug-likeness (QED) is 0.893. The van der Waals surface area contributed by atoms with Gasteiger partial charge in [0.05, 0.1) is 11.4 Å². The molecule has 0 saturated carbocycles. The zero-order chi connectivity index (χ0) is 13.1. The van der Waals surface area contributed by atoms with Gasteiger partial charge < -0.3 is 11.1 Å². The predicted octanol–water partition coefficient (Wildman–Crippen LogP) is 3.18. The number of nitrogen functional groups attached to an aromatic ring is 1. The molecule has 0 radical (unpaired) electrons. The highest BCUT2D eigenvalue weighted by atomic mass is 79.9. The molecule has 0 atom stereocenters. The van der Waals surface area contributed by atoms with Gasteiger partial charge in [0.2, 0.25) is 0 Å². The number of nitrogens with two attached hydrogens (primary N) is 1. The fourth-order valence-corrected chi connectivity index (χ4v) is 1.82. The lowest BCUT2D eigenvalue weighted by Gasteiger charge is -2.09. The number of anilines is 3. The summed E-state index contributed by atoms with van der Waals surface area (Å²) in [5.74, 6) is -0.0620. The van der Waals surface area contributed by atoms with Crippen LogP contribution in [0.25, 0.3) is 0 Å². The number of nitriles is 1. The van der Waals surface area contributed by atoms with Gasteiger partial charge in [-0.15, -0.1) is 0 Å². The second-order valence-corrected chi connectivity index (χ2v) is 4.32. The van der Waals surface area contributed by atoms with Crippen LogP contribution >= 0.6 is 15.9 Å². The van der Waals surface area contributed by atoms with Crippen LogP contribution in [0.5, 0.6) is 0 Å². The summed E-state index contributed by atoms with van der Waals surface area (Å²) in [5, 5.41) is 11.6. The number of nitrogens with zero attached hydrogens (tertiary/aromatic N) is 2. The first-order valence-electron chi connectivity index (χ1n) is 4.99. The summed E-state index contributed by atoms with van der Waals surface area (Å²) >= 11 is 3.23. The van der Waals surface area contributed by atoms with Crippen LogP contribution in [0, 0.1) is 17.1 Å². The minimum absolute atomic E-state index is 0.104. The van der Waals surface area contributed by atoms with Crippen molar-refractivity contribution in [3.8, 4) is 6.07 Å². The fourth-order valence-electron chi connectivity index (χ4n) is 1.37. The molecular weight excluding hydrogens is 299 g/mol. The van der Waals surface area contributed by atoms with E-state index in [1.165, 1.54) is 6.07 Å². The van der Waals surface area contributed by atoms with Crippen LogP contribution in [-0.4, -0.2) is 4.98 Å². The zero-order valence-corrected chi connectivity index (χ0v) is 10.7. The molecule has 0 unspecified atom stereocenters. The molecule has 6 heteroatoms. The monoisotopic (exact) mass is 306 g/mol. The van der Waals surface area contributed by atoms with E-state index >= 15 is 0 Å². The standard InChI is InChI=1S/C12H8BrFN4/c13-7-2-1-3-8(14)12(7)18-11-5-4-9(16)10(6-15)17-11/h1-5H,16H2,(H,17,18). The van der Waals surface area contributed by atoms with Gasteiger partial charge in [0.15, 0.2) is 5.69 Å². The van der Waals surface area contributed by atoms with E-state index in [9.17, 15) is 4.39 Å². The van der Waals surface area contributed by atoms with Crippen molar-refractivity contribution in [3.05, 3.63) is 46.3 Å². The highest BCUT2D eigenvalue weighted by Crippen LogP contribution is 2.28. The molecule has 90 valence electrons. The Morgan fingerprint density at radius 2 is 2.11 bits per heavy atom. The van der Waals surface area contributed by atoms with E-state index in [-0.39, 0.29) is 17.1 Å².